The summed E-state index contributed by atoms with van der Waals surface area (Å²) < 4.78 is 1.50. The number of nitrogens with two attached hydrogens (primary N) is 1. The Kier molecular flexibility index (Phi) is 2.44. The van der Waals surface area contributed by atoms with Crippen LogP contribution in [0.4, 0.5) is 5.69 Å². The topological polar surface area (TPSA) is 94.0 Å². The van der Waals surface area contributed by atoms with Gasteiger partial charge in [0, 0.05) is 0 Å². The second kappa shape index (κ2) is 3.79. The van der Waals surface area contributed by atoms with Gasteiger partial charge in [0.15, 0.2) is 5.65 Å². The van der Waals surface area contributed by atoms with E-state index in [0.717, 1.165) is 0 Å². The van der Waals surface area contributed by atoms with Gasteiger partial charge >= 0.3 is 5.97 Å². The lowest BCUT2D eigenvalue weighted by Crippen LogP contribution is -2.08. The highest BCUT2D eigenvalue weighted by atomic mass is 16.4. The van der Waals surface area contributed by atoms with Crippen LogP contribution in [0.2, 0.25) is 0 Å². The van der Waals surface area contributed by atoms with Crippen molar-refractivity contribution in [3.8, 4) is 12.3 Å². The first-order valence-electron chi connectivity index (χ1n) is 4.84. The zero-order valence-corrected chi connectivity index (χ0v) is 9.14. The molecule has 0 atom stereocenters. The monoisotopic (exact) mass is 230 g/mol. The van der Waals surface area contributed by atoms with Crippen molar-refractivity contribution in [3.05, 3.63) is 17.5 Å². The Morgan fingerprint density at radius 2 is 2.41 bits per heavy atom. The van der Waals surface area contributed by atoms with Gasteiger partial charge in [-0.15, -0.1) is 6.42 Å². The van der Waals surface area contributed by atoms with Crippen LogP contribution < -0.4 is 5.73 Å². The van der Waals surface area contributed by atoms with Gasteiger partial charge in [0.25, 0.3) is 0 Å². The first-order chi connectivity index (χ1) is 8.06. The lowest BCUT2D eigenvalue weighted by molar-refractivity contribution is 0.0697. The Labute approximate surface area is 97.1 Å². The molecule has 0 bridgehead atoms. The second-order valence-corrected chi connectivity index (χ2v) is 3.53. The van der Waals surface area contributed by atoms with Gasteiger partial charge in [-0.1, -0.05) is 5.92 Å². The normalized spacial score (nSPS) is 10.4. The molecule has 3 N–H and O–H groups in total. The van der Waals surface area contributed by atoms with E-state index in [0.29, 0.717) is 16.7 Å². The number of fused-ring (bicyclic) bond motifs is 1. The zero-order valence-electron chi connectivity index (χ0n) is 9.14. The third-order valence-electron chi connectivity index (χ3n) is 2.46. The smallest absolute Gasteiger partial charge is 0.339 e. The molecule has 17 heavy (non-hydrogen) atoms. The van der Waals surface area contributed by atoms with E-state index in [-0.39, 0.29) is 17.8 Å². The van der Waals surface area contributed by atoms with Gasteiger partial charge in [-0.3, -0.25) is 0 Å². The van der Waals surface area contributed by atoms with E-state index < -0.39 is 5.97 Å². The summed E-state index contributed by atoms with van der Waals surface area (Å²) >= 11 is 0. The number of hydrogen-bond donors (Lipinski definition) is 2. The Bertz CT molecular complexity index is 652. The molecule has 2 aromatic heterocycles. The van der Waals surface area contributed by atoms with Gasteiger partial charge in [-0.05, 0) is 6.92 Å². The Morgan fingerprint density at radius 1 is 1.71 bits per heavy atom. The van der Waals surface area contributed by atoms with Crippen LogP contribution in [0, 0.1) is 19.3 Å². The molecule has 0 unspecified atom stereocenters. The second-order valence-electron chi connectivity index (χ2n) is 3.53. The van der Waals surface area contributed by atoms with Crippen LogP contribution in [-0.4, -0.2) is 25.8 Å². The van der Waals surface area contributed by atoms with Gasteiger partial charge in [0.2, 0.25) is 0 Å². The first-order valence-corrected chi connectivity index (χ1v) is 4.84. The highest BCUT2D eigenvalue weighted by molar-refractivity contribution is 6.03. The molecule has 2 aromatic rings. The highest BCUT2D eigenvalue weighted by Crippen LogP contribution is 2.25. The molecule has 0 aliphatic carbocycles. The van der Waals surface area contributed by atoms with E-state index in [4.69, 9.17) is 17.3 Å². The maximum Gasteiger partial charge on any atom is 0.339 e. The van der Waals surface area contributed by atoms with E-state index in [1.807, 2.05) is 0 Å². The summed E-state index contributed by atoms with van der Waals surface area (Å²) in [6, 6.07) is 0. The number of pyridine rings is 1. The number of anilines is 1. The number of carboxylic acids is 1. The van der Waals surface area contributed by atoms with Crippen LogP contribution in [0.5, 0.6) is 0 Å². The Balaban J connectivity index is 2.79. The number of nitrogens with zero attached hydrogens (tertiary/aromatic N) is 3. The van der Waals surface area contributed by atoms with Crippen LogP contribution >= 0.6 is 0 Å². The summed E-state index contributed by atoms with van der Waals surface area (Å²) in [7, 11) is 0. The van der Waals surface area contributed by atoms with Crippen LogP contribution in [0.25, 0.3) is 11.0 Å². The molecule has 0 fully saturated rings. The molecule has 0 saturated carbocycles. The summed E-state index contributed by atoms with van der Waals surface area (Å²) in [6.07, 6.45) is 6.67. The number of carboxylic acid groups (broad SMARTS) is 1. The fourth-order valence-corrected chi connectivity index (χ4v) is 1.70. The maximum absolute atomic E-state index is 11.0. The molecular weight excluding hydrogens is 220 g/mol. The van der Waals surface area contributed by atoms with Crippen LogP contribution in [-0.2, 0) is 6.54 Å². The lowest BCUT2D eigenvalue weighted by Gasteiger charge is -2.06. The van der Waals surface area contributed by atoms with Crippen molar-refractivity contribution in [2.24, 2.45) is 0 Å². The van der Waals surface area contributed by atoms with E-state index >= 15 is 0 Å². The Morgan fingerprint density at radius 3 is 3.00 bits per heavy atom. The fraction of sp³-hybridized carbons (Fsp3) is 0.182. The predicted octanol–water partition coefficient (Wildman–Crippen LogP) is 0.653. The first kappa shape index (κ1) is 11.0. The van der Waals surface area contributed by atoms with Crippen molar-refractivity contribution < 1.29 is 9.90 Å². The third-order valence-corrected chi connectivity index (χ3v) is 2.46. The largest absolute Gasteiger partial charge is 0.478 e. The average Bonchev–Trinajstić information content (AvgIpc) is 2.62. The molecule has 0 aliphatic heterocycles. The minimum atomic E-state index is -1.10. The molecule has 0 aliphatic rings. The zero-order chi connectivity index (χ0) is 12.6. The lowest BCUT2D eigenvalue weighted by atomic mass is 10.1. The van der Waals surface area contributed by atoms with Gasteiger partial charge in [0.05, 0.1) is 23.0 Å². The van der Waals surface area contributed by atoms with E-state index in [1.165, 1.54) is 10.9 Å². The van der Waals surface area contributed by atoms with Gasteiger partial charge in [-0.2, -0.15) is 5.10 Å². The summed E-state index contributed by atoms with van der Waals surface area (Å²) in [4.78, 5) is 15.2. The molecule has 0 radical (unpaired) electrons. The summed E-state index contributed by atoms with van der Waals surface area (Å²) in [5.74, 6) is 1.34. The number of terminal acetylenes is 1. The van der Waals surface area contributed by atoms with E-state index in [1.54, 1.807) is 6.92 Å². The third kappa shape index (κ3) is 1.58. The molecule has 0 saturated heterocycles. The number of carbonyl (C=O) groups is 1. The predicted molar refractivity (Wildman–Crippen MR) is 62.5 cm³/mol. The number of aromatic nitrogens is 3. The molecule has 6 heteroatoms. The SMILES string of the molecule is C#CCn1ncc2c(N)c(C(=O)O)c(C)nc21. The molecule has 6 nitrogen and oxygen atoms in total. The minimum absolute atomic E-state index is 0.0118. The quantitative estimate of drug-likeness (QED) is 0.739. The number of rotatable bonds is 2. The summed E-state index contributed by atoms with van der Waals surface area (Å²) in [5.41, 5.74) is 6.84. The number of nitrogen functional groups attached to an aromatic ring is 1. The van der Waals surface area contributed by atoms with Gasteiger partial charge in [0.1, 0.15) is 12.1 Å². The van der Waals surface area contributed by atoms with E-state index in [9.17, 15) is 4.79 Å². The maximum atomic E-state index is 11.0. The van der Waals surface area contributed by atoms with Crippen LogP contribution in [0.1, 0.15) is 16.1 Å². The van der Waals surface area contributed by atoms with Gasteiger partial charge in [-0.25, -0.2) is 14.5 Å². The van der Waals surface area contributed by atoms with E-state index in [2.05, 4.69) is 16.0 Å². The summed E-state index contributed by atoms with van der Waals surface area (Å²) in [5, 5.41) is 13.6. The summed E-state index contributed by atoms with van der Waals surface area (Å²) in [6.45, 7) is 1.86. The standard InChI is InChI=1S/C11H10N4O2/c1-3-4-15-10-7(5-13-15)9(12)8(11(16)17)6(2)14-10/h1,5H,4H2,2H3,(H2,12,14)(H,16,17). The molecular formula is C11H10N4O2. The van der Waals surface area contributed by atoms with Crippen molar-refractivity contribution in [2.75, 3.05) is 5.73 Å². The van der Waals surface area contributed by atoms with Crippen LogP contribution in [0.15, 0.2) is 6.20 Å². The van der Waals surface area contributed by atoms with Crippen molar-refractivity contribution in [2.45, 2.75) is 13.5 Å². The van der Waals surface area contributed by atoms with Crippen LogP contribution in [0.3, 0.4) is 0 Å². The fourth-order valence-electron chi connectivity index (χ4n) is 1.70. The molecule has 0 amide bonds. The molecule has 2 heterocycles. The van der Waals surface area contributed by atoms with Crippen molar-refractivity contribution >= 4 is 22.7 Å². The molecule has 86 valence electrons. The number of aromatic carboxylic acids is 1. The number of aryl methyl sites for hydroxylation is 1. The van der Waals surface area contributed by atoms with Crippen molar-refractivity contribution in [3.63, 3.8) is 0 Å². The highest BCUT2D eigenvalue weighted by Gasteiger charge is 2.18. The minimum Gasteiger partial charge on any atom is -0.478 e. The molecule has 0 spiro atoms. The van der Waals surface area contributed by atoms with Crippen molar-refractivity contribution in [1.29, 1.82) is 0 Å². The van der Waals surface area contributed by atoms with Crippen molar-refractivity contribution in [1.82, 2.24) is 14.8 Å². The number of hydrogen-bond acceptors (Lipinski definition) is 4. The van der Waals surface area contributed by atoms with Gasteiger partial charge < -0.3 is 10.8 Å². The molecule has 2 rings (SSSR count). The average molecular weight is 230 g/mol. The Hall–Kier alpha value is -2.55. The molecule has 0 aromatic carbocycles.